The zero-order valence-electron chi connectivity index (χ0n) is 9.23. The molecule has 0 radical (unpaired) electrons. The first-order valence-electron chi connectivity index (χ1n) is 4.89. The molecule has 4 atom stereocenters. The second-order valence-electron chi connectivity index (χ2n) is 4.83. The van der Waals surface area contributed by atoms with E-state index < -0.39 is 12.2 Å². The summed E-state index contributed by atoms with van der Waals surface area (Å²) in [7, 11) is 1.55. The average molecular weight is 204 g/mol. The van der Waals surface area contributed by atoms with Crippen LogP contribution in [0, 0.1) is 5.41 Å². The first-order valence-corrected chi connectivity index (χ1v) is 4.89. The van der Waals surface area contributed by atoms with Crippen LogP contribution >= 0.6 is 0 Å². The minimum absolute atomic E-state index is 0.106. The molecule has 0 saturated carbocycles. The predicted octanol–water partition coefficient (Wildman–Crippen LogP) is 0.168. The molecule has 0 spiro atoms. The molecule has 0 aromatic carbocycles. The molecular formula is C10H20O4. The third-order valence-electron chi connectivity index (χ3n) is 2.64. The summed E-state index contributed by atoms with van der Waals surface area (Å²) < 4.78 is 10.8. The maximum atomic E-state index is 9.77. The average Bonchev–Trinajstić information content (AvgIpc) is 2.41. The highest BCUT2D eigenvalue weighted by Gasteiger charge is 2.48. The fourth-order valence-corrected chi connectivity index (χ4v) is 1.85. The van der Waals surface area contributed by atoms with Crippen molar-refractivity contribution in [1.82, 2.24) is 0 Å². The summed E-state index contributed by atoms with van der Waals surface area (Å²) >= 11 is 0. The van der Waals surface area contributed by atoms with Gasteiger partial charge in [-0.15, -0.1) is 0 Å². The molecule has 1 unspecified atom stereocenters. The smallest absolute Gasteiger partial charge is 0.112 e. The zero-order chi connectivity index (χ0) is 10.9. The highest BCUT2D eigenvalue weighted by molar-refractivity contribution is 4.96. The van der Waals surface area contributed by atoms with Crippen LogP contribution in [0.2, 0.25) is 0 Å². The third-order valence-corrected chi connectivity index (χ3v) is 2.64. The standard InChI is InChI=1S/C10H20O4/c1-10(2,3)9-8(13-4)7(12)6(5-11)14-9/h6-9,11-12H,5H2,1-4H3/t6-,7+,8?,9-/m1/s1. The van der Waals surface area contributed by atoms with Crippen molar-refractivity contribution in [3.63, 3.8) is 0 Å². The lowest BCUT2D eigenvalue weighted by molar-refractivity contribution is -0.0713. The zero-order valence-corrected chi connectivity index (χ0v) is 9.23. The van der Waals surface area contributed by atoms with Gasteiger partial charge in [0.25, 0.3) is 0 Å². The van der Waals surface area contributed by atoms with Gasteiger partial charge < -0.3 is 19.7 Å². The van der Waals surface area contributed by atoms with E-state index in [-0.39, 0.29) is 24.2 Å². The summed E-state index contributed by atoms with van der Waals surface area (Å²) in [4.78, 5) is 0. The summed E-state index contributed by atoms with van der Waals surface area (Å²) in [5.41, 5.74) is -0.106. The Morgan fingerprint density at radius 2 is 1.93 bits per heavy atom. The highest BCUT2D eigenvalue weighted by atomic mass is 16.6. The van der Waals surface area contributed by atoms with Gasteiger partial charge >= 0.3 is 0 Å². The van der Waals surface area contributed by atoms with Gasteiger partial charge in [-0.05, 0) is 5.41 Å². The molecule has 0 bridgehead atoms. The molecule has 2 N–H and O–H groups in total. The fourth-order valence-electron chi connectivity index (χ4n) is 1.85. The lowest BCUT2D eigenvalue weighted by atomic mass is 9.85. The maximum absolute atomic E-state index is 9.77. The van der Waals surface area contributed by atoms with Crippen LogP contribution in [0.4, 0.5) is 0 Å². The quantitative estimate of drug-likeness (QED) is 0.673. The van der Waals surface area contributed by atoms with Crippen molar-refractivity contribution in [2.45, 2.75) is 45.2 Å². The molecular weight excluding hydrogens is 184 g/mol. The molecule has 0 aromatic rings. The molecule has 1 aliphatic heterocycles. The van der Waals surface area contributed by atoms with E-state index in [1.165, 1.54) is 0 Å². The van der Waals surface area contributed by atoms with E-state index in [0.717, 1.165) is 0 Å². The molecule has 4 heteroatoms. The van der Waals surface area contributed by atoms with Crippen LogP contribution in [0.25, 0.3) is 0 Å². The predicted molar refractivity (Wildman–Crippen MR) is 52.0 cm³/mol. The normalized spacial score (nSPS) is 39.0. The van der Waals surface area contributed by atoms with Gasteiger partial charge in [0.2, 0.25) is 0 Å². The van der Waals surface area contributed by atoms with Crippen LogP contribution in [0.15, 0.2) is 0 Å². The Hall–Kier alpha value is -0.160. The molecule has 1 saturated heterocycles. The van der Waals surface area contributed by atoms with Crippen LogP contribution in [-0.4, -0.2) is 48.3 Å². The first-order chi connectivity index (χ1) is 6.41. The summed E-state index contributed by atoms with van der Waals surface area (Å²) in [6, 6.07) is 0. The Kier molecular flexibility index (Phi) is 3.53. The lowest BCUT2D eigenvalue weighted by Gasteiger charge is -2.30. The second-order valence-corrected chi connectivity index (χ2v) is 4.83. The Bertz CT molecular complexity index is 187. The molecule has 0 amide bonds. The van der Waals surface area contributed by atoms with Gasteiger partial charge in [-0.2, -0.15) is 0 Å². The molecule has 4 nitrogen and oxygen atoms in total. The second kappa shape index (κ2) is 4.14. The minimum atomic E-state index is -0.741. The van der Waals surface area contributed by atoms with Crippen molar-refractivity contribution in [3.05, 3.63) is 0 Å². The van der Waals surface area contributed by atoms with E-state index in [0.29, 0.717) is 0 Å². The molecule has 1 aliphatic rings. The van der Waals surface area contributed by atoms with E-state index in [1.54, 1.807) is 7.11 Å². The van der Waals surface area contributed by atoms with Gasteiger partial charge in [-0.3, -0.25) is 0 Å². The van der Waals surface area contributed by atoms with Gasteiger partial charge in [0.15, 0.2) is 0 Å². The molecule has 14 heavy (non-hydrogen) atoms. The molecule has 0 aromatic heterocycles. The van der Waals surface area contributed by atoms with Gasteiger partial charge in [0.05, 0.1) is 12.7 Å². The summed E-state index contributed by atoms with van der Waals surface area (Å²) in [5.74, 6) is 0. The van der Waals surface area contributed by atoms with Gasteiger partial charge in [0.1, 0.15) is 18.3 Å². The number of rotatable bonds is 2. The Morgan fingerprint density at radius 1 is 1.36 bits per heavy atom. The number of ether oxygens (including phenoxy) is 2. The van der Waals surface area contributed by atoms with Crippen molar-refractivity contribution in [2.24, 2.45) is 5.41 Å². The number of methoxy groups -OCH3 is 1. The van der Waals surface area contributed by atoms with Crippen LogP contribution in [-0.2, 0) is 9.47 Å². The van der Waals surface area contributed by atoms with Crippen molar-refractivity contribution in [3.8, 4) is 0 Å². The van der Waals surface area contributed by atoms with Crippen LogP contribution in [0.5, 0.6) is 0 Å². The number of aliphatic hydroxyl groups excluding tert-OH is 2. The van der Waals surface area contributed by atoms with Gasteiger partial charge in [-0.1, -0.05) is 20.8 Å². The van der Waals surface area contributed by atoms with E-state index in [2.05, 4.69) is 0 Å². The molecule has 1 fully saturated rings. The molecule has 1 heterocycles. The van der Waals surface area contributed by atoms with Crippen LogP contribution < -0.4 is 0 Å². The monoisotopic (exact) mass is 204 g/mol. The molecule has 84 valence electrons. The van der Waals surface area contributed by atoms with Crippen molar-refractivity contribution in [1.29, 1.82) is 0 Å². The number of hydrogen-bond acceptors (Lipinski definition) is 4. The number of aliphatic hydroxyl groups is 2. The molecule has 1 rings (SSSR count). The Morgan fingerprint density at radius 3 is 2.21 bits per heavy atom. The first kappa shape index (κ1) is 11.9. The Labute approximate surface area is 84.8 Å². The van der Waals surface area contributed by atoms with Gasteiger partial charge in [0, 0.05) is 7.11 Å². The van der Waals surface area contributed by atoms with Crippen molar-refractivity contribution in [2.75, 3.05) is 13.7 Å². The highest BCUT2D eigenvalue weighted by Crippen LogP contribution is 2.35. The van der Waals surface area contributed by atoms with E-state index in [4.69, 9.17) is 14.6 Å². The third kappa shape index (κ3) is 2.08. The topological polar surface area (TPSA) is 58.9 Å². The van der Waals surface area contributed by atoms with Crippen LogP contribution in [0.1, 0.15) is 20.8 Å². The van der Waals surface area contributed by atoms with Gasteiger partial charge in [-0.25, -0.2) is 0 Å². The Balaban J connectivity index is 2.78. The number of hydrogen-bond donors (Lipinski definition) is 2. The SMILES string of the molecule is COC1[C@@H](O)[C@@H](CO)O[C@H]1C(C)(C)C. The maximum Gasteiger partial charge on any atom is 0.112 e. The summed E-state index contributed by atoms with van der Waals surface area (Å²) in [5, 5.41) is 18.8. The lowest BCUT2D eigenvalue weighted by Crippen LogP contribution is -2.40. The van der Waals surface area contributed by atoms with E-state index >= 15 is 0 Å². The largest absolute Gasteiger partial charge is 0.394 e. The molecule has 0 aliphatic carbocycles. The summed E-state index contributed by atoms with van der Waals surface area (Å²) in [6.45, 7) is 5.90. The van der Waals surface area contributed by atoms with E-state index in [9.17, 15) is 5.11 Å². The van der Waals surface area contributed by atoms with Crippen molar-refractivity contribution >= 4 is 0 Å². The van der Waals surface area contributed by atoms with Crippen molar-refractivity contribution < 1.29 is 19.7 Å². The van der Waals surface area contributed by atoms with E-state index in [1.807, 2.05) is 20.8 Å². The minimum Gasteiger partial charge on any atom is -0.394 e. The summed E-state index contributed by atoms with van der Waals surface area (Å²) in [6.07, 6.45) is -1.80. The van der Waals surface area contributed by atoms with Crippen LogP contribution in [0.3, 0.4) is 0 Å². The fraction of sp³-hybridized carbons (Fsp3) is 1.00.